The summed E-state index contributed by atoms with van der Waals surface area (Å²) in [7, 11) is -3.73. The van der Waals surface area contributed by atoms with Gasteiger partial charge in [-0.15, -0.1) is 0 Å². The lowest BCUT2D eigenvalue weighted by Gasteiger charge is -2.12. The first-order chi connectivity index (χ1) is 11.3. The third kappa shape index (κ3) is 4.45. The molecule has 1 amide bonds. The molecule has 1 saturated carbocycles. The molecule has 1 aromatic carbocycles. The van der Waals surface area contributed by atoms with Crippen LogP contribution in [0.25, 0.3) is 0 Å². The molecule has 0 aliphatic heterocycles. The number of carbonyl (C=O) groups excluding carboxylic acids is 1. The highest BCUT2D eigenvalue weighted by Gasteiger charge is 2.51. The molecule has 0 saturated heterocycles. The van der Waals surface area contributed by atoms with Crippen LogP contribution in [-0.4, -0.2) is 44.1 Å². The Morgan fingerprint density at radius 2 is 1.88 bits per heavy atom. The number of carboxylic acid groups (broad SMARTS) is 1. The Balaban J connectivity index is 1.84. The van der Waals surface area contributed by atoms with Gasteiger partial charge < -0.3 is 15.2 Å². The van der Waals surface area contributed by atoms with E-state index in [2.05, 4.69) is 10.0 Å². The van der Waals surface area contributed by atoms with Gasteiger partial charge in [-0.25, -0.2) is 17.9 Å². The monoisotopic (exact) mass is 356 g/mol. The van der Waals surface area contributed by atoms with E-state index in [0.717, 1.165) is 0 Å². The maximum Gasteiger partial charge on any atom is 0.329 e. The molecule has 0 spiro atoms. The third-order valence-electron chi connectivity index (χ3n) is 3.63. The fourth-order valence-electron chi connectivity index (χ4n) is 2.11. The van der Waals surface area contributed by atoms with Crippen LogP contribution in [0.3, 0.4) is 0 Å². The van der Waals surface area contributed by atoms with Crippen molar-refractivity contribution in [3.05, 3.63) is 24.3 Å². The standard InChI is InChI=1S/C15H20N2O6S/c1-2-23-11-3-5-12(6-4-11)24(21,22)16-10-7-13(18)17-15(8-9-15)14(19)20/h3-6,16H,2,7-10H2,1H3,(H,17,18)(H,19,20). The van der Waals surface area contributed by atoms with Gasteiger partial charge in [0.2, 0.25) is 15.9 Å². The Morgan fingerprint density at radius 1 is 1.25 bits per heavy atom. The molecule has 0 atom stereocenters. The molecular weight excluding hydrogens is 336 g/mol. The molecule has 0 bridgehead atoms. The molecule has 1 aromatic rings. The summed E-state index contributed by atoms with van der Waals surface area (Å²) in [6.45, 7) is 2.20. The zero-order valence-corrected chi connectivity index (χ0v) is 14.1. The van der Waals surface area contributed by atoms with Gasteiger partial charge in [0.25, 0.3) is 0 Å². The molecule has 1 aliphatic carbocycles. The number of ether oxygens (including phenoxy) is 1. The predicted octanol–water partition coefficient (Wildman–Crippen LogP) is 0.487. The highest BCUT2D eigenvalue weighted by Crippen LogP contribution is 2.35. The zero-order chi connectivity index (χ0) is 17.8. The fourth-order valence-corrected chi connectivity index (χ4v) is 3.14. The molecule has 24 heavy (non-hydrogen) atoms. The molecule has 9 heteroatoms. The minimum Gasteiger partial charge on any atom is -0.494 e. The van der Waals surface area contributed by atoms with Crippen molar-refractivity contribution in [1.82, 2.24) is 10.0 Å². The lowest BCUT2D eigenvalue weighted by molar-refractivity contribution is -0.143. The number of hydrogen-bond acceptors (Lipinski definition) is 5. The minimum absolute atomic E-state index is 0.0653. The summed E-state index contributed by atoms with van der Waals surface area (Å²) in [5.74, 6) is -0.991. The molecule has 3 N–H and O–H groups in total. The Kier molecular flexibility index (Phi) is 5.45. The van der Waals surface area contributed by atoms with Crippen LogP contribution in [0, 0.1) is 0 Å². The Morgan fingerprint density at radius 3 is 2.38 bits per heavy atom. The summed E-state index contributed by atoms with van der Waals surface area (Å²) in [5, 5.41) is 11.4. The number of hydrogen-bond donors (Lipinski definition) is 3. The van der Waals surface area contributed by atoms with Crippen molar-refractivity contribution in [2.45, 2.75) is 36.6 Å². The summed E-state index contributed by atoms with van der Waals surface area (Å²) >= 11 is 0. The fraction of sp³-hybridized carbons (Fsp3) is 0.467. The van der Waals surface area contributed by atoms with Crippen LogP contribution in [-0.2, 0) is 19.6 Å². The number of carboxylic acids is 1. The van der Waals surface area contributed by atoms with Crippen LogP contribution in [0.4, 0.5) is 0 Å². The van der Waals surface area contributed by atoms with Gasteiger partial charge in [-0.1, -0.05) is 0 Å². The molecule has 0 unspecified atom stereocenters. The predicted molar refractivity (Wildman–Crippen MR) is 85.2 cm³/mol. The van der Waals surface area contributed by atoms with Crippen molar-refractivity contribution in [2.75, 3.05) is 13.2 Å². The van der Waals surface area contributed by atoms with Gasteiger partial charge in [-0.2, -0.15) is 0 Å². The average Bonchev–Trinajstić information content (AvgIpc) is 3.29. The van der Waals surface area contributed by atoms with Crippen LogP contribution < -0.4 is 14.8 Å². The summed E-state index contributed by atoms with van der Waals surface area (Å²) in [4.78, 5) is 22.8. The van der Waals surface area contributed by atoms with Gasteiger partial charge in [0.05, 0.1) is 11.5 Å². The van der Waals surface area contributed by atoms with Crippen molar-refractivity contribution in [1.29, 1.82) is 0 Å². The zero-order valence-electron chi connectivity index (χ0n) is 13.2. The summed E-state index contributed by atoms with van der Waals surface area (Å²) < 4.78 is 31.8. The minimum atomic E-state index is -3.73. The van der Waals surface area contributed by atoms with E-state index >= 15 is 0 Å². The second-order valence-corrected chi connectivity index (χ2v) is 7.25. The van der Waals surface area contributed by atoms with Crippen molar-refractivity contribution in [3.8, 4) is 5.75 Å². The summed E-state index contributed by atoms with van der Waals surface area (Å²) in [6, 6.07) is 5.93. The number of carbonyl (C=O) groups is 2. The quantitative estimate of drug-likeness (QED) is 0.592. The normalized spacial score (nSPS) is 15.5. The van der Waals surface area contributed by atoms with Crippen molar-refractivity contribution < 1.29 is 27.9 Å². The number of nitrogens with one attached hydrogen (secondary N) is 2. The van der Waals surface area contributed by atoms with Crippen LogP contribution in [0.1, 0.15) is 26.2 Å². The van der Waals surface area contributed by atoms with Crippen LogP contribution >= 0.6 is 0 Å². The van der Waals surface area contributed by atoms with Crippen LogP contribution in [0.5, 0.6) is 5.75 Å². The number of amides is 1. The van der Waals surface area contributed by atoms with E-state index in [9.17, 15) is 18.0 Å². The second kappa shape index (κ2) is 7.18. The largest absolute Gasteiger partial charge is 0.494 e. The van der Waals surface area contributed by atoms with E-state index in [1.54, 1.807) is 12.1 Å². The highest BCUT2D eigenvalue weighted by atomic mass is 32.2. The Labute approximate surface area is 140 Å². The SMILES string of the molecule is CCOc1ccc(S(=O)(=O)NCCC(=O)NC2(C(=O)O)CC2)cc1. The van der Waals surface area contributed by atoms with Gasteiger partial charge in [0, 0.05) is 13.0 Å². The van der Waals surface area contributed by atoms with E-state index in [1.165, 1.54) is 12.1 Å². The molecule has 8 nitrogen and oxygen atoms in total. The maximum absolute atomic E-state index is 12.1. The molecule has 1 fully saturated rings. The highest BCUT2D eigenvalue weighted by molar-refractivity contribution is 7.89. The van der Waals surface area contributed by atoms with Crippen molar-refractivity contribution in [3.63, 3.8) is 0 Å². The molecule has 1 aliphatic rings. The first-order valence-corrected chi connectivity index (χ1v) is 9.04. The molecule has 0 aromatic heterocycles. The topological polar surface area (TPSA) is 122 Å². The number of benzene rings is 1. The Hall–Kier alpha value is -2.13. The lowest BCUT2D eigenvalue weighted by atomic mass is 10.2. The first kappa shape index (κ1) is 18.2. The van der Waals surface area contributed by atoms with Crippen molar-refractivity contribution in [2.24, 2.45) is 0 Å². The van der Waals surface area contributed by atoms with Gasteiger partial charge in [0.15, 0.2) is 0 Å². The van der Waals surface area contributed by atoms with E-state index in [1.807, 2.05) is 6.92 Å². The Bertz CT molecular complexity index is 710. The molecule has 0 radical (unpaired) electrons. The second-order valence-electron chi connectivity index (χ2n) is 5.49. The molecular formula is C15H20N2O6S. The first-order valence-electron chi connectivity index (χ1n) is 7.56. The van der Waals surface area contributed by atoms with E-state index in [-0.39, 0.29) is 17.9 Å². The van der Waals surface area contributed by atoms with E-state index in [4.69, 9.17) is 9.84 Å². The van der Waals surface area contributed by atoms with Crippen molar-refractivity contribution >= 4 is 21.9 Å². The molecule has 0 heterocycles. The van der Waals surface area contributed by atoms with Gasteiger partial charge in [-0.05, 0) is 44.0 Å². The summed E-state index contributed by atoms with van der Waals surface area (Å²) in [6.07, 6.45) is 0.656. The number of rotatable bonds is 9. The maximum atomic E-state index is 12.1. The van der Waals surface area contributed by atoms with E-state index in [0.29, 0.717) is 25.2 Å². The molecule has 132 valence electrons. The third-order valence-corrected chi connectivity index (χ3v) is 5.10. The molecule has 2 rings (SSSR count). The van der Waals surface area contributed by atoms with Crippen LogP contribution in [0.15, 0.2) is 29.2 Å². The van der Waals surface area contributed by atoms with Crippen LogP contribution in [0.2, 0.25) is 0 Å². The lowest BCUT2D eigenvalue weighted by Crippen LogP contribution is -2.44. The smallest absolute Gasteiger partial charge is 0.329 e. The van der Waals surface area contributed by atoms with Gasteiger partial charge >= 0.3 is 5.97 Å². The van der Waals surface area contributed by atoms with Gasteiger partial charge in [-0.3, -0.25) is 4.79 Å². The number of aliphatic carboxylic acids is 1. The van der Waals surface area contributed by atoms with E-state index < -0.39 is 27.4 Å². The average molecular weight is 356 g/mol. The summed E-state index contributed by atoms with van der Waals surface area (Å²) in [5.41, 5.74) is -1.16. The van der Waals surface area contributed by atoms with Gasteiger partial charge in [0.1, 0.15) is 11.3 Å². The number of sulfonamides is 1.